The van der Waals surface area contributed by atoms with Gasteiger partial charge in [-0.1, -0.05) is 69.3 Å². The summed E-state index contributed by atoms with van der Waals surface area (Å²) in [6.45, 7) is 6.98. The number of hydrogen-bond acceptors (Lipinski definition) is 3. The van der Waals surface area contributed by atoms with Crippen LogP contribution in [0.5, 0.6) is 0 Å². The first kappa shape index (κ1) is 18.3. The van der Waals surface area contributed by atoms with E-state index < -0.39 is 0 Å². The van der Waals surface area contributed by atoms with Crippen LogP contribution < -0.4 is 10.6 Å². The monoisotopic (exact) mass is 352 g/mol. The van der Waals surface area contributed by atoms with Crippen molar-refractivity contribution in [1.82, 2.24) is 5.32 Å². The lowest BCUT2D eigenvalue weighted by Gasteiger charge is -2.37. The van der Waals surface area contributed by atoms with E-state index in [0.717, 1.165) is 18.4 Å². The molecule has 1 aliphatic carbocycles. The van der Waals surface area contributed by atoms with Crippen molar-refractivity contribution in [3.8, 4) is 0 Å². The van der Waals surface area contributed by atoms with Crippen LogP contribution in [-0.2, 0) is 16.8 Å². The second-order valence-electron chi connectivity index (χ2n) is 8.01. The quantitative estimate of drug-likeness (QED) is 0.808. The zero-order valence-electron chi connectivity index (χ0n) is 15.8. The maximum absolute atomic E-state index is 11.9. The Hall–Kier alpha value is -2.49. The summed E-state index contributed by atoms with van der Waals surface area (Å²) in [6.07, 6.45) is 1.49. The number of hydrogen-bond donors (Lipinski definition) is 2. The highest BCUT2D eigenvalue weighted by atomic mass is 16.5. The Morgan fingerprint density at radius 3 is 2.35 bits per heavy atom. The molecule has 0 spiro atoms. The molecule has 1 aliphatic rings. The first-order valence-electron chi connectivity index (χ1n) is 9.25. The van der Waals surface area contributed by atoms with E-state index in [4.69, 9.17) is 4.74 Å². The second kappa shape index (κ2) is 7.81. The molecule has 0 saturated heterocycles. The van der Waals surface area contributed by atoms with Gasteiger partial charge in [0.25, 0.3) is 0 Å². The van der Waals surface area contributed by atoms with Gasteiger partial charge in [-0.15, -0.1) is 0 Å². The first-order valence-corrected chi connectivity index (χ1v) is 9.25. The Morgan fingerprint density at radius 2 is 1.65 bits per heavy atom. The molecule has 2 aromatic carbocycles. The Labute approximate surface area is 156 Å². The molecule has 0 atom stereocenters. The molecule has 1 saturated carbocycles. The number of carbonyl (C=O) groups is 1. The zero-order valence-corrected chi connectivity index (χ0v) is 15.8. The van der Waals surface area contributed by atoms with Gasteiger partial charge in [0.2, 0.25) is 0 Å². The SMILES string of the molecule is CC(C)(C)c1ccccc1NC1CC(NC(=O)OCc2ccccc2)C1. The normalized spacial score (nSPS) is 19.3. The Balaban J connectivity index is 1.43. The van der Waals surface area contributed by atoms with Crippen LogP contribution in [0.15, 0.2) is 54.6 Å². The van der Waals surface area contributed by atoms with Crippen molar-refractivity contribution < 1.29 is 9.53 Å². The topological polar surface area (TPSA) is 50.4 Å². The van der Waals surface area contributed by atoms with E-state index in [9.17, 15) is 4.79 Å². The zero-order chi connectivity index (χ0) is 18.6. The first-order chi connectivity index (χ1) is 12.4. The number of nitrogens with one attached hydrogen (secondary N) is 2. The fraction of sp³-hybridized carbons (Fsp3) is 0.409. The van der Waals surface area contributed by atoms with E-state index in [2.05, 4.69) is 55.7 Å². The lowest BCUT2D eigenvalue weighted by molar-refractivity contribution is 0.129. The number of ether oxygens (including phenoxy) is 1. The largest absolute Gasteiger partial charge is 0.445 e. The molecule has 0 unspecified atom stereocenters. The third-order valence-electron chi connectivity index (χ3n) is 4.77. The van der Waals surface area contributed by atoms with E-state index in [0.29, 0.717) is 12.6 Å². The van der Waals surface area contributed by atoms with Gasteiger partial charge < -0.3 is 15.4 Å². The summed E-state index contributed by atoms with van der Waals surface area (Å²) in [7, 11) is 0. The number of benzene rings is 2. The predicted molar refractivity (Wildman–Crippen MR) is 105 cm³/mol. The molecule has 4 nitrogen and oxygen atoms in total. The van der Waals surface area contributed by atoms with Gasteiger partial charge in [0.05, 0.1) is 0 Å². The van der Waals surface area contributed by atoms with Crippen molar-refractivity contribution in [2.24, 2.45) is 0 Å². The Bertz CT molecular complexity index is 731. The number of amides is 1. The molecule has 2 aromatic rings. The van der Waals surface area contributed by atoms with Crippen LogP contribution in [0.2, 0.25) is 0 Å². The van der Waals surface area contributed by atoms with E-state index in [1.165, 1.54) is 11.3 Å². The van der Waals surface area contributed by atoms with Crippen molar-refractivity contribution >= 4 is 11.8 Å². The summed E-state index contributed by atoms with van der Waals surface area (Å²) in [5.74, 6) is 0. The average Bonchev–Trinajstić information content (AvgIpc) is 2.58. The van der Waals surface area contributed by atoms with Crippen LogP contribution >= 0.6 is 0 Å². The van der Waals surface area contributed by atoms with Crippen LogP contribution in [0.4, 0.5) is 10.5 Å². The molecular weight excluding hydrogens is 324 g/mol. The molecular formula is C22H28N2O2. The summed E-state index contributed by atoms with van der Waals surface area (Å²) in [6, 6.07) is 18.7. The lowest BCUT2D eigenvalue weighted by Crippen LogP contribution is -2.50. The molecule has 0 radical (unpaired) electrons. The van der Waals surface area contributed by atoms with Gasteiger partial charge in [0.15, 0.2) is 0 Å². The minimum absolute atomic E-state index is 0.103. The van der Waals surface area contributed by atoms with Crippen LogP contribution in [0.25, 0.3) is 0 Å². The third-order valence-corrected chi connectivity index (χ3v) is 4.77. The minimum atomic E-state index is -0.340. The van der Waals surface area contributed by atoms with Gasteiger partial charge in [-0.05, 0) is 35.4 Å². The van der Waals surface area contributed by atoms with Crippen LogP contribution in [0, 0.1) is 0 Å². The van der Waals surface area contributed by atoms with Gasteiger partial charge in [0.1, 0.15) is 6.61 Å². The van der Waals surface area contributed by atoms with Crippen molar-refractivity contribution in [2.75, 3.05) is 5.32 Å². The standard InChI is InChI=1S/C22H28N2O2/c1-22(2,3)19-11-7-8-12-20(19)23-17-13-18(14-17)24-21(25)26-15-16-9-5-4-6-10-16/h4-12,17-18,23H,13-15H2,1-3H3,(H,24,25). The van der Waals surface area contributed by atoms with Crippen LogP contribution in [-0.4, -0.2) is 18.2 Å². The molecule has 1 amide bonds. The summed E-state index contributed by atoms with van der Waals surface area (Å²) in [5.41, 5.74) is 3.61. The van der Waals surface area contributed by atoms with Gasteiger partial charge in [-0.3, -0.25) is 0 Å². The second-order valence-corrected chi connectivity index (χ2v) is 8.01. The molecule has 0 bridgehead atoms. The predicted octanol–water partition coefficient (Wildman–Crippen LogP) is 4.85. The summed E-state index contributed by atoms with van der Waals surface area (Å²) in [5, 5.41) is 6.57. The fourth-order valence-electron chi connectivity index (χ4n) is 3.27. The lowest BCUT2D eigenvalue weighted by atomic mass is 9.83. The van der Waals surface area contributed by atoms with Crippen molar-refractivity contribution in [2.45, 2.75) is 57.7 Å². The average molecular weight is 352 g/mol. The summed E-state index contributed by atoms with van der Waals surface area (Å²) < 4.78 is 5.28. The summed E-state index contributed by atoms with van der Waals surface area (Å²) >= 11 is 0. The molecule has 26 heavy (non-hydrogen) atoms. The maximum Gasteiger partial charge on any atom is 0.407 e. The highest BCUT2D eigenvalue weighted by Gasteiger charge is 2.31. The fourth-order valence-corrected chi connectivity index (χ4v) is 3.27. The Morgan fingerprint density at radius 1 is 1.00 bits per heavy atom. The highest BCUT2D eigenvalue weighted by molar-refractivity contribution is 5.68. The van der Waals surface area contributed by atoms with Crippen LogP contribution in [0.3, 0.4) is 0 Å². The van der Waals surface area contributed by atoms with Gasteiger partial charge in [-0.2, -0.15) is 0 Å². The van der Waals surface area contributed by atoms with Crippen LogP contribution in [0.1, 0.15) is 44.7 Å². The van der Waals surface area contributed by atoms with E-state index >= 15 is 0 Å². The summed E-state index contributed by atoms with van der Waals surface area (Å²) in [4.78, 5) is 11.9. The molecule has 0 heterocycles. The number of rotatable bonds is 5. The molecule has 4 heteroatoms. The number of alkyl carbamates (subject to hydrolysis) is 1. The highest BCUT2D eigenvalue weighted by Crippen LogP contribution is 2.32. The van der Waals surface area contributed by atoms with E-state index in [1.54, 1.807) is 0 Å². The number of para-hydroxylation sites is 1. The molecule has 2 N–H and O–H groups in total. The Kier molecular flexibility index (Phi) is 5.50. The van der Waals surface area contributed by atoms with E-state index in [-0.39, 0.29) is 17.6 Å². The maximum atomic E-state index is 11.9. The minimum Gasteiger partial charge on any atom is -0.445 e. The molecule has 0 aliphatic heterocycles. The smallest absolute Gasteiger partial charge is 0.407 e. The molecule has 1 fully saturated rings. The van der Waals surface area contributed by atoms with Crippen molar-refractivity contribution in [1.29, 1.82) is 0 Å². The van der Waals surface area contributed by atoms with Gasteiger partial charge in [0, 0.05) is 17.8 Å². The van der Waals surface area contributed by atoms with Gasteiger partial charge >= 0.3 is 6.09 Å². The molecule has 0 aromatic heterocycles. The third kappa shape index (κ3) is 4.78. The molecule has 138 valence electrons. The van der Waals surface area contributed by atoms with Gasteiger partial charge in [-0.25, -0.2) is 4.79 Å². The molecule has 3 rings (SSSR count). The number of carbonyl (C=O) groups excluding carboxylic acids is 1. The number of anilines is 1. The van der Waals surface area contributed by atoms with Crippen molar-refractivity contribution in [3.63, 3.8) is 0 Å². The van der Waals surface area contributed by atoms with Crippen molar-refractivity contribution in [3.05, 3.63) is 65.7 Å². The van der Waals surface area contributed by atoms with E-state index in [1.807, 2.05) is 30.3 Å².